The molecular weight excluding hydrogens is 402 g/mol. The minimum Gasteiger partial charge on any atom is -0.405 e. The zero-order chi connectivity index (χ0) is 22.5. The molecule has 0 bridgehead atoms. The average molecular weight is 432 g/mol. The summed E-state index contributed by atoms with van der Waals surface area (Å²) in [5.41, 5.74) is 12.2. The minimum absolute atomic E-state index is 0.116. The van der Waals surface area contributed by atoms with Gasteiger partial charge in [-0.15, -0.1) is 0 Å². The number of nitrogens with zero attached hydrogens (tertiary/aromatic N) is 2. The molecule has 0 aliphatic carbocycles. The predicted molar refractivity (Wildman–Crippen MR) is 116 cm³/mol. The summed E-state index contributed by atoms with van der Waals surface area (Å²) < 4.78 is 25.8. The van der Waals surface area contributed by atoms with Gasteiger partial charge in [0.2, 0.25) is 0 Å². The van der Waals surface area contributed by atoms with Crippen LogP contribution >= 0.6 is 0 Å². The van der Waals surface area contributed by atoms with E-state index in [-0.39, 0.29) is 16.8 Å². The highest BCUT2D eigenvalue weighted by Crippen LogP contribution is 2.39. The van der Waals surface area contributed by atoms with Gasteiger partial charge in [-0.1, -0.05) is 0 Å². The lowest BCUT2D eigenvalue weighted by molar-refractivity contribution is 0.163. The SMILES string of the molecule is Cc1cc(C#N)ccc1S(=O)(=O)C(C)(C)C1CCN(C(=O)NC(/C=C\N)=C/N)CC1. The maximum Gasteiger partial charge on any atom is 0.321 e. The van der Waals surface area contributed by atoms with Crippen LogP contribution in [0.3, 0.4) is 0 Å². The van der Waals surface area contributed by atoms with Crippen molar-refractivity contribution in [3.63, 3.8) is 0 Å². The number of carbonyl (C=O) groups is 1. The largest absolute Gasteiger partial charge is 0.405 e. The van der Waals surface area contributed by atoms with Crippen molar-refractivity contribution in [3.8, 4) is 6.07 Å². The summed E-state index contributed by atoms with van der Waals surface area (Å²) in [5, 5.41) is 11.7. The Kier molecular flexibility index (Phi) is 7.16. The number of urea groups is 1. The van der Waals surface area contributed by atoms with Crippen LogP contribution in [0.1, 0.15) is 37.8 Å². The van der Waals surface area contributed by atoms with Gasteiger partial charge in [0.1, 0.15) is 0 Å². The Hall–Kier alpha value is -2.99. The van der Waals surface area contributed by atoms with Crippen LogP contribution in [0, 0.1) is 24.2 Å². The highest BCUT2D eigenvalue weighted by Gasteiger charge is 2.44. The number of allylic oxidation sites excluding steroid dienone is 1. The quantitative estimate of drug-likeness (QED) is 0.610. The van der Waals surface area contributed by atoms with Gasteiger partial charge in [0.15, 0.2) is 9.84 Å². The topological polar surface area (TPSA) is 142 Å². The Balaban J connectivity index is 2.14. The van der Waals surface area contributed by atoms with Gasteiger partial charge in [-0.25, -0.2) is 13.2 Å². The summed E-state index contributed by atoms with van der Waals surface area (Å²) >= 11 is 0. The molecule has 1 aliphatic rings. The van der Waals surface area contributed by atoms with Crippen molar-refractivity contribution in [2.45, 2.75) is 43.3 Å². The molecule has 0 radical (unpaired) electrons. The lowest BCUT2D eigenvalue weighted by atomic mass is 9.86. The van der Waals surface area contributed by atoms with E-state index in [9.17, 15) is 13.2 Å². The fraction of sp³-hybridized carbons (Fsp3) is 0.429. The second-order valence-electron chi connectivity index (χ2n) is 7.87. The van der Waals surface area contributed by atoms with E-state index >= 15 is 0 Å². The van der Waals surface area contributed by atoms with E-state index in [0.717, 1.165) is 0 Å². The van der Waals surface area contributed by atoms with Crippen molar-refractivity contribution in [1.82, 2.24) is 10.2 Å². The molecule has 1 aromatic carbocycles. The Labute approximate surface area is 178 Å². The highest BCUT2D eigenvalue weighted by molar-refractivity contribution is 7.92. The molecule has 1 aromatic rings. The molecular formula is C21H29N5O3S. The molecule has 1 fully saturated rings. The fourth-order valence-corrected chi connectivity index (χ4v) is 5.72. The summed E-state index contributed by atoms with van der Waals surface area (Å²) in [4.78, 5) is 14.3. The molecule has 0 aromatic heterocycles. The van der Waals surface area contributed by atoms with Crippen molar-refractivity contribution in [2.24, 2.45) is 17.4 Å². The Morgan fingerprint density at radius 2 is 1.93 bits per heavy atom. The number of sulfone groups is 1. The molecule has 1 aliphatic heterocycles. The van der Waals surface area contributed by atoms with Crippen LogP contribution in [0.4, 0.5) is 4.79 Å². The van der Waals surface area contributed by atoms with E-state index in [4.69, 9.17) is 16.7 Å². The third kappa shape index (κ3) is 4.60. The molecule has 1 heterocycles. The molecule has 8 nitrogen and oxygen atoms in total. The van der Waals surface area contributed by atoms with Crippen LogP contribution in [0.5, 0.6) is 0 Å². The van der Waals surface area contributed by atoms with E-state index < -0.39 is 14.6 Å². The molecule has 5 N–H and O–H groups in total. The van der Waals surface area contributed by atoms with E-state index in [1.54, 1.807) is 31.7 Å². The second-order valence-corrected chi connectivity index (χ2v) is 10.4. The summed E-state index contributed by atoms with van der Waals surface area (Å²) in [6, 6.07) is 6.36. The maximum atomic E-state index is 13.4. The average Bonchev–Trinajstić information content (AvgIpc) is 2.72. The number of hydrogen-bond acceptors (Lipinski definition) is 6. The highest BCUT2D eigenvalue weighted by atomic mass is 32.2. The summed E-state index contributed by atoms with van der Waals surface area (Å²) in [6.07, 6.45) is 5.14. The predicted octanol–water partition coefficient (Wildman–Crippen LogP) is 2.11. The molecule has 0 saturated carbocycles. The number of benzene rings is 1. The summed E-state index contributed by atoms with van der Waals surface area (Å²) in [5.74, 6) is -0.116. The zero-order valence-electron chi connectivity index (χ0n) is 17.6. The summed E-state index contributed by atoms with van der Waals surface area (Å²) in [7, 11) is -3.64. The maximum absolute atomic E-state index is 13.4. The number of rotatable bonds is 5. The van der Waals surface area contributed by atoms with Crippen LogP contribution in [0.15, 0.2) is 47.3 Å². The number of nitrogens with two attached hydrogens (primary N) is 2. The Bertz CT molecular complexity index is 998. The van der Waals surface area contributed by atoms with Crippen molar-refractivity contribution >= 4 is 15.9 Å². The monoisotopic (exact) mass is 431 g/mol. The first-order chi connectivity index (χ1) is 14.1. The van der Waals surface area contributed by atoms with Gasteiger partial charge in [-0.3, -0.25) is 0 Å². The van der Waals surface area contributed by atoms with Gasteiger partial charge in [0, 0.05) is 19.3 Å². The number of carbonyl (C=O) groups excluding carboxylic acids is 1. The van der Waals surface area contributed by atoms with Gasteiger partial charge in [-0.05, 0) is 75.6 Å². The van der Waals surface area contributed by atoms with Crippen LogP contribution < -0.4 is 16.8 Å². The van der Waals surface area contributed by atoms with Crippen molar-refractivity contribution in [1.29, 1.82) is 5.26 Å². The first kappa shape index (κ1) is 23.3. The van der Waals surface area contributed by atoms with E-state index in [0.29, 0.717) is 42.8 Å². The third-order valence-electron chi connectivity index (χ3n) is 5.76. The van der Waals surface area contributed by atoms with Gasteiger partial charge in [-0.2, -0.15) is 5.26 Å². The third-order valence-corrected chi connectivity index (χ3v) is 8.51. The van der Waals surface area contributed by atoms with Crippen LogP contribution in [-0.2, 0) is 9.84 Å². The van der Waals surface area contributed by atoms with Gasteiger partial charge in [0.05, 0.1) is 27.0 Å². The van der Waals surface area contributed by atoms with Gasteiger partial charge >= 0.3 is 6.03 Å². The van der Waals surface area contributed by atoms with E-state index in [2.05, 4.69) is 5.32 Å². The van der Waals surface area contributed by atoms with Crippen LogP contribution in [-0.4, -0.2) is 37.2 Å². The molecule has 2 rings (SSSR count). The molecule has 0 atom stereocenters. The molecule has 30 heavy (non-hydrogen) atoms. The molecule has 0 spiro atoms. The molecule has 2 amide bonds. The lowest BCUT2D eigenvalue weighted by Crippen LogP contribution is -2.49. The fourth-order valence-electron chi connectivity index (χ4n) is 3.75. The first-order valence-electron chi connectivity index (χ1n) is 9.70. The number of likely N-dealkylation sites (tertiary alicyclic amines) is 1. The number of amides is 2. The van der Waals surface area contributed by atoms with E-state index in [1.165, 1.54) is 30.6 Å². The van der Waals surface area contributed by atoms with E-state index in [1.807, 2.05) is 6.07 Å². The van der Waals surface area contributed by atoms with Gasteiger partial charge in [0.25, 0.3) is 0 Å². The van der Waals surface area contributed by atoms with Crippen molar-refractivity contribution in [2.75, 3.05) is 13.1 Å². The lowest BCUT2D eigenvalue weighted by Gasteiger charge is -2.40. The molecule has 9 heteroatoms. The number of hydrogen-bond donors (Lipinski definition) is 3. The molecule has 162 valence electrons. The summed E-state index contributed by atoms with van der Waals surface area (Å²) in [6.45, 7) is 6.05. The first-order valence-corrected chi connectivity index (χ1v) is 11.2. The van der Waals surface area contributed by atoms with Crippen molar-refractivity contribution in [3.05, 3.63) is 53.5 Å². The number of aryl methyl sites for hydroxylation is 1. The Morgan fingerprint density at radius 3 is 2.43 bits per heavy atom. The minimum atomic E-state index is -3.64. The number of nitrogens with one attached hydrogen (secondary N) is 1. The van der Waals surface area contributed by atoms with Gasteiger partial charge < -0.3 is 21.7 Å². The number of nitriles is 1. The molecule has 0 unspecified atom stereocenters. The van der Waals surface area contributed by atoms with Crippen molar-refractivity contribution < 1.29 is 13.2 Å². The Morgan fingerprint density at radius 1 is 1.30 bits per heavy atom. The zero-order valence-corrected chi connectivity index (χ0v) is 18.4. The second kappa shape index (κ2) is 9.22. The standard InChI is InChI=1S/C21H29N5O3S/c1-15-12-16(13-23)4-5-19(15)30(28,29)21(2,3)17-7-10-26(11-8-17)20(27)25-18(14-24)6-9-22/h4-6,9,12,14,17H,7-8,10-11,22,24H2,1-3H3,(H,25,27)/b9-6-,18-14+. The van der Waals surface area contributed by atoms with Crippen LogP contribution in [0.2, 0.25) is 0 Å². The normalized spacial score (nSPS) is 16.5. The molecule has 1 saturated heterocycles. The number of piperidine rings is 1. The van der Waals surface area contributed by atoms with Crippen LogP contribution in [0.25, 0.3) is 0 Å². The smallest absolute Gasteiger partial charge is 0.321 e.